The Hall–Kier alpha value is -1.88. The zero-order valence-electron chi connectivity index (χ0n) is 13.4. The highest BCUT2D eigenvalue weighted by Crippen LogP contribution is 2.44. The molecule has 2 amide bonds. The molecule has 0 heterocycles. The first kappa shape index (κ1) is 16.5. The topological polar surface area (TPSA) is 78.4 Å². The molecule has 22 heavy (non-hydrogen) atoms. The van der Waals surface area contributed by atoms with E-state index in [9.17, 15) is 14.7 Å². The second kappa shape index (κ2) is 6.08. The normalized spacial score (nSPS) is 16.0. The number of hydrogen-bond donors (Lipinski definition) is 3. The predicted molar refractivity (Wildman–Crippen MR) is 85.6 cm³/mol. The summed E-state index contributed by atoms with van der Waals surface area (Å²) in [6.07, 6.45) is 1.87. The van der Waals surface area contributed by atoms with Crippen molar-refractivity contribution in [3.8, 4) is 0 Å². The van der Waals surface area contributed by atoms with E-state index >= 15 is 0 Å². The van der Waals surface area contributed by atoms with Crippen molar-refractivity contribution in [3.63, 3.8) is 0 Å². The Labute approximate surface area is 131 Å². The zero-order valence-corrected chi connectivity index (χ0v) is 13.4. The molecule has 0 saturated heterocycles. The number of aliphatic hydroxyl groups excluding tert-OH is 1. The van der Waals surface area contributed by atoms with Gasteiger partial charge in [0.1, 0.15) is 0 Å². The molecule has 3 N–H and O–H groups in total. The van der Waals surface area contributed by atoms with Crippen LogP contribution in [0.2, 0.25) is 0 Å². The minimum atomic E-state index is -0.529. The van der Waals surface area contributed by atoms with E-state index in [1.54, 1.807) is 24.3 Å². The van der Waals surface area contributed by atoms with E-state index in [1.807, 2.05) is 20.8 Å². The molecule has 0 aliphatic heterocycles. The van der Waals surface area contributed by atoms with Crippen LogP contribution in [0.25, 0.3) is 0 Å². The molecule has 5 heteroatoms. The van der Waals surface area contributed by atoms with E-state index in [0.29, 0.717) is 17.8 Å². The molecule has 1 fully saturated rings. The monoisotopic (exact) mass is 304 g/mol. The number of para-hydroxylation sites is 1. The molecule has 1 saturated carbocycles. The van der Waals surface area contributed by atoms with Crippen LogP contribution in [0.1, 0.15) is 44.0 Å². The van der Waals surface area contributed by atoms with Crippen molar-refractivity contribution in [1.29, 1.82) is 0 Å². The Morgan fingerprint density at radius 3 is 2.41 bits per heavy atom. The molecule has 0 aromatic heterocycles. The molecule has 1 aromatic rings. The van der Waals surface area contributed by atoms with Crippen molar-refractivity contribution < 1.29 is 14.7 Å². The lowest BCUT2D eigenvalue weighted by Gasteiger charge is -2.19. The zero-order chi connectivity index (χ0) is 16.4. The van der Waals surface area contributed by atoms with Crippen LogP contribution in [0.15, 0.2) is 24.3 Å². The summed E-state index contributed by atoms with van der Waals surface area (Å²) in [6, 6.07) is 6.95. The lowest BCUT2D eigenvalue weighted by atomic mass is 9.95. The van der Waals surface area contributed by atoms with Gasteiger partial charge < -0.3 is 15.7 Å². The molecule has 5 nitrogen and oxygen atoms in total. The minimum absolute atomic E-state index is 0.0929. The number of hydrogen-bond acceptors (Lipinski definition) is 3. The average molecular weight is 304 g/mol. The third-order valence-electron chi connectivity index (χ3n) is 4.02. The molecule has 0 spiro atoms. The molecular formula is C17H24N2O3. The molecule has 2 rings (SSSR count). The van der Waals surface area contributed by atoms with E-state index in [0.717, 1.165) is 12.8 Å². The van der Waals surface area contributed by atoms with Crippen LogP contribution in [0, 0.1) is 10.8 Å². The van der Waals surface area contributed by atoms with E-state index in [4.69, 9.17) is 0 Å². The third-order valence-corrected chi connectivity index (χ3v) is 4.02. The van der Waals surface area contributed by atoms with Gasteiger partial charge in [0, 0.05) is 17.4 Å². The van der Waals surface area contributed by atoms with Crippen molar-refractivity contribution >= 4 is 17.5 Å². The molecule has 1 aliphatic rings. The Bertz CT molecular complexity index is 572. The number of aliphatic hydroxyl groups is 1. The first-order valence-corrected chi connectivity index (χ1v) is 7.57. The van der Waals surface area contributed by atoms with E-state index in [-0.39, 0.29) is 23.8 Å². The summed E-state index contributed by atoms with van der Waals surface area (Å²) in [5.74, 6) is -0.369. The summed E-state index contributed by atoms with van der Waals surface area (Å²) >= 11 is 0. The van der Waals surface area contributed by atoms with E-state index < -0.39 is 5.41 Å². The summed E-state index contributed by atoms with van der Waals surface area (Å²) in [4.78, 5) is 24.4. The highest BCUT2D eigenvalue weighted by molar-refractivity contribution is 6.04. The van der Waals surface area contributed by atoms with Gasteiger partial charge in [-0.1, -0.05) is 32.9 Å². The Kier molecular flexibility index (Phi) is 4.56. The second-order valence-corrected chi connectivity index (χ2v) is 7.09. The van der Waals surface area contributed by atoms with Crippen LogP contribution in [-0.4, -0.2) is 30.1 Å². The quantitative estimate of drug-likeness (QED) is 0.780. The standard InChI is InChI=1S/C17H24N2O3/c1-16(2,3)15(22)19-13-7-5-4-6-12(13)14(21)18-10-17(11-20)8-9-17/h4-7,20H,8-11H2,1-3H3,(H,18,21)(H,19,22). The number of anilines is 1. The van der Waals surface area contributed by atoms with Gasteiger partial charge in [-0.2, -0.15) is 0 Å². The fraction of sp³-hybridized carbons (Fsp3) is 0.529. The molecular weight excluding hydrogens is 280 g/mol. The Balaban J connectivity index is 2.07. The van der Waals surface area contributed by atoms with Crippen molar-refractivity contribution in [2.45, 2.75) is 33.6 Å². The number of carbonyl (C=O) groups is 2. The number of nitrogens with one attached hydrogen (secondary N) is 2. The maximum atomic E-state index is 12.3. The van der Waals surface area contributed by atoms with Gasteiger partial charge in [-0.25, -0.2) is 0 Å². The molecule has 1 aliphatic carbocycles. The number of rotatable bonds is 5. The lowest BCUT2D eigenvalue weighted by molar-refractivity contribution is -0.123. The molecule has 120 valence electrons. The molecule has 0 bridgehead atoms. The molecule has 0 unspecified atom stereocenters. The lowest BCUT2D eigenvalue weighted by Crippen LogP contribution is -2.33. The first-order valence-electron chi connectivity index (χ1n) is 7.57. The van der Waals surface area contributed by atoms with Crippen LogP contribution in [0.4, 0.5) is 5.69 Å². The highest BCUT2D eigenvalue weighted by Gasteiger charge is 2.42. The van der Waals surface area contributed by atoms with Gasteiger partial charge in [-0.3, -0.25) is 9.59 Å². The van der Waals surface area contributed by atoms with Crippen LogP contribution < -0.4 is 10.6 Å². The highest BCUT2D eigenvalue weighted by atomic mass is 16.3. The van der Waals surface area contributed by atoms with Crippen LogP contribution in [0.5, 0.6) is 0 Å². The van der Waals surface area contributed by atoms with Gasteiger partial charge >= 0.3 is 0 Å². The fourth-order valence-corrected chi connectivity index (χ4v) is 2.03. The predicted octanol–water partition coefficient (Wildman–Crippen LogP) is 2.17. The van der Waals surface area contributed by atoms with Crippen molar-refractivity contribution in [3.05, 3.63) is 29.8 Å². The average Bonchev–Trinajstić information content (AvgIpc) is 3.25. The maximum absolute atomic E-state index is 12.3. The van der Waals surface area contributed by atoms with Gasteiger partial charge in [-0.05, 0) is 25.0 Å². The van der Waals surface area contributed by atoms with Crippen LogP contribution >= 0.6 is 0 Å². The molecule has 1 aromatic carbocycles. The summed E-state index contributed by atoms with van der Waals surface area (Å²) in [5, 5.41) is 15.0. The maximum Gasteiger partial charge on any atom is 0.253 e. The van der Waals surface area contributed by atoms with Gasteiger partial charge in [0.2, 0.25) is 5.91 Å². The number of carbonyl (C=O) groups excluding carboxylic acids is 2. The fourth-order valence-electron chi connectivity index (χ4n) is 2.03. The van der Waals surface area contributed by atoms with E-state index in [2.05, 4.69) is 10.6 Å². The Morgan fingerprint density at radius 2 is 1.86 bits per heavy atom. The third kappa shape index (κ3) is 3.85. The molecule has 0 radical (unpaired) electrons. The van der Waals surface area contributed by atoms with Crippen LogP contribution in [0.3, 0.4) is 0 Å². The van der Waals surface area contributed by atoms with Gasteiger partial charge in [0.25, 0.3) is 5.91 Å². The minimum Gasteiger partial charge on any atom is -0.396 e. The number of amides is 2. The van der Waals surface area contributed by atoms with Crippen LogP contribution in [-0.2, 0) is 4.79 Å². The van der Waals surface area contributed by atoms with Crippen molar-refractivity contribution in [2.24, 2.45) is 10.8 Å². The van der Waals surface area contributed by atoms with Crippen molar-refractivity contribution in [2.75, 3.05) is 18.5 Å². The Morgan fingerprint density at radius 1 is 1.23 bits per heavy atom. The number of benzene rings is 1. The summed E-state index contributed by atoms with van der Waals surface area (Å²) in [6.45, 7) is 6.02. The van der Waals surface area contributed by atoms with Gasteiger partial charge in [-0.15, -0.1) is 0 Å². The second-order valence-electron chi connectivity index (χ2n) is 7.09. The summed E-state index contributed by atoms with van der Waals surface area (Å²) in [5.41, 5.74) is 0.278. The smallest absolute Gasteiger partial charge is 0.253 e. The summed E-state index contributed by atoms with van der Waals surface area (Å²) < 4.78 is 0. The summed E-state index contributed by atoms with van der Waals surface area (Å²) in [7, 11) is 0. The largest absolute Gasteiger partial charge is 0.396 e. The SMILES string of the molecule is CC(C)(C)C(=O)Nc1ccccc1C(=O)NCC1(CO)CC1. The van der Waals surface area contributed by atoms with E-state index in [1.165, 1.54) is 0 Å². The van der Waals surface area contributed by atoms with Crippen molar-refractivity contribution in [1.82, 2.24) is 5.32 Å². The first-order chi connectivity index (χ1) is 10.3. The van der Waals surface area contributed by atoms with Gasteiger partial charge in [0.05, 0.1) is 17.9 Å². The molecule has 0 atom stereocenters. The van der Waals surface area contributed by atoms with Gasteiger partial charge in [0.15, 0.2) is 0 Å².